The summed E-state index contributed by atoms with van der Waals surface area (Å²) >= 11 is 1.31. The third kappa shape index (κ3) is 7.36. The summed E-state index contributed by atoms with van der Waals surface area (Å²) in [5.74, 6) is 0.741. The highest BCUT2D eigenvalue weighted by atomic mass is 32.2. The number of aliphatic hydroxyl groups excluding tert-OH is 3. The van der Waals surface area contributed by atoms with Gasteiger partial charge in [-0.2, -0.15) is 0 Å². The van der Waals surface area contributed by atoms with Crippen LogP contribution < -0.4 is 10.6 Å². The number of amides is 1. The highest BCUT2D eigenvalue weighted by Crippen LogP contribution is 2.30. The van der Waals surface area contributed by atoms with E-state index in [4.69, 9.17) is 4.74 Å². The highest BCUT2D eigenvalue weighted by molar-refractivity contribution is 7.99. The Bertz CT molecular complexity index is 496. The molecule has 0 aromatic carbocycles. The lowest BCUT2D eigenvalue weighted by Gasteiger charge is -2.40. The molecule has 2 fully saturated rings. The summed E-state index contributed by atoms with van der Waals surface area (Å²) in [5, 5.41) is 36.6. The molecule has 3 unspecified atom stereocenters. The van der Waals surface area contributed by atoms with Crippen LogP contribution in [0.25, 0.3) is 0 Å². The Morgan fingerprint density at radius 3 is 2.69 bits per heavy atom. The van der Waals surface area contributed by atoms with E-state index in [9.17, 15) is 20.1 Å². The summed E-state index contributed by atoms with van der Waals surface area (Å²) in [7, 11) is 0. The van der Waals surface area contributed by atoms with Crippen molar-refractivity contribution < 1.29 is 24.9 Å². The number of rotatable bonds is 10. The molecule has 170 valence electrons. The Labute approximate surface area is 179 Å². The van der Waals surface area contributed by atoms with Gasteiger partial charge in [-0.1, -0.05) is 39.5 Å². The Kier molecular flexibility index (Phi) is 10.7. The fourth-order valence-corrected chi connectivity index (χ4v) is 5.02. The van der Waals surface area contributed by atoms with Crippen molar-refractivity contribution in [3.63, 3.8) is 0 Å². The van der Waals surface area contributed by atoms with Gasteiger partial charge in [-0.05, 0) is 43.9 Å². The predicted molar refractivity (Wildman–Crippen MR) is 116 cm³/mol. The van der Waals surface area contributed by atoms with Gasteiger partial charge in [0.05, 0.1) is 12.1 Å². The van der Waals surface area contributed by atoms with Crippen LogP contribution >= 0.6 is 11.8 Å². The molecule has 8 heteroatoms. The quantitative estimate of drug-likeness (QED) is 0.330. The minimum Gasteiger partial charge on any atom is -0.388 e. The molecule has 2 saturated heterocycles. The molecular weight excluding hydrogens is 392 g/mol. The summed E-state index contributed by atoms with van der Waals surface area (Å²) in [6.45, 7) is 5.58. The SMILES string of the molecule is CCCCCC1CCNC(C(=O)NCC(C)C[C@@H]2O[C@@H](SC)[C@@H](O)[C@H](O)[C@@H]2O)C1. The lowest BCUT2D eigenvalue weighted by molar-refractivity contribution is -0.201. The maximum atomic E-state index is 12.6. The highest BCUT2D eigenvalue weighted by Gasteiger charge is 2.43. The van der Waals surface area contributed by atoms with Crippen molar-refractivity contribution in [3.05, 3.63) is 0 Å². The molecule has 7 nitrogen and oxygen atoms in total. The minimum atomic E-state index is -1.22. The number of hydrogen-bond acceptors (Lipinski definition) is 7. The molecule has 0 spiro atoms. The second kappa shape index (κ2) is 12.5. The zero-order valence-electron chi connectivity index (χ0n) is 18.0. The zero-order chi connectivity index (χ0) is 21.4. The van der Waals surface area contributed by atoms with Crippen LogP contribution in [0.5, 0.6) is 0 Å². The van der Waals surface area contributed by atoms with Gasteiger partial charge >= 0.3 is 0 Å². The topological polar surface area (TPSA) is 111 Å². The van der Waals surface area contributed by atoms with Gasteiger partial charge in [0.25, 0.3) is 0 Å². The average molecular weight is 433 g/mol. The smallest absolute Gasteiger partial charge is 0.237 e. The summed E-state index contributed by atoms with van der Waals surface area (Å²) < 4.78 is 5.76. The second-order valence-corrected chi connectivity index (χ2v) is 9.67. The molecule has 29 heavy (non-hydrogen) atoms. The van der Waals surface area contributed by atoms with Crippen molar-refractivity contribution >= 4 is 17.7 Å². The molecular formula is C21H40N2O5S. The fourth-order valence-electron chi connectivity index (χ4n) is 4.33. The Morgan fingerprint density at radius 1 is 1.24 bits per heavy atom. The van der Waals surface area contributed by atoms with E-state index in [0.717, 1.165) is 19.4 Å². The lowest BCUT2D eigenvalue weighted by Crippen LogP contribution is -2.57. The monoisotopic (exact) mass is 432 g/mol. The molecule has 0 aromatic rings. The van der Waals surface area contributed by atoms with E-state index in [-0.39, 0.29) is 17.9 Å². The van der Waals surface area contributed by atoms with Crippen molar-refractivity contribution in [3.8, 4) is 0 Å². The number of ether oxygens (including phenoxy) is 1. The van der Waals surface area contributed by atoms with Crippen LogP contribution in [0.15, 0.2) is 0 Å². The average Bonchev–Trinajstić information content (AvgIpc) is 2.72. The molecule has 1 amide bonds. The number of thioether (sulfide) groups is 1. The molecule has 0 radical (unpaired) electrons. The molecule has 0 aliphatic carbocycles. The molecule has 0 aromatic heterocycles. The zero-order valence-corrected chi connectivity index (χ0v) is 18.9. The van der Waals surface area contributed by atoms with Gasteiger partial charge in [0.2, 0.25) is 5.91 Å². The van der Waals surface area contributed by atoms with Crippen molar-refractivity contribution in [2.24, 2.45) is 11.8 Å². The fraction of sp³-hybridized carbons (Fsp3) is 0.952. The minimum absolute atomic E-state index is 0.0413. The standard InChI is InChI=1S/C21H40N2O5S/c1-4-5-6-7-14-8-9-22-15(11-14)20(27)23-12-13(2)10-16-17(24)18(25)19(26)21(28-16)29-3/h13-19,21-22,24-26H,4-12H2,1-3H3,(H,23,27)/t13?,14?,15?,16-,17+,18+,19-,21-/m0/s1. The van der Waals surface area contributed by atoms with Gasteiger partial charge in [-0.15, -0.1) is 11.8 Å². The molecule has 2 aliphatic rings. The van der Waals surface area contributed by atoms with Crippen LogP contribution in [-0.4, -0.2) is 76.5 Å². The largest absolute Gasteiger partial charge is 0.388 e. The summed E-state index contributed by atoms with van der Waals surface area (Å²) in [5.41, 5.74) is -0.559. The van der Waals surface area contributed by atoms with E-state index < -0.39 is 29.9 Å². The summed E-state index contributed by atoms with van der Waals surface area (Å²) in [4.78, 5) is 12.6. The predicted octanol–water partition coefficient (Wildman–Crippen LogP) is 1.25. The van der Waals surface area contributed by atoms with Gasteiger partial charge in [-0.25, -0.2) is 0 Å². The van der Waals surface area contributed by atoms with Crippen molar-refractivity contribution in [2.45, 2.75) is 94.7 Å². The van der Waals surface area contributed by atoms with Crippen LogP contribution in [0.1, 0.15) is 58.8 Å². The van der Waals surface area contributed by atoms with Crippen LogP contribution in [0, 0.1) is 11.8 Å². The summed E-state index contributed by atoms with van der Waals surface area (Å²) in [6, 6.07) is -0.128. The first-order valence-electron chi connectivity index (χ1n) is 11.1. The third-order valence-electron chi connectivity index (χ3n) is 6.21. The van der Waals surface area contributed by atoms with Gasteiger partial charge in [0, 0.05) is 6.54 Å². The van der Waals surface area contributed by atoms with E-state index in [1.54, 1.807) is 6.26 Å². The number of aliphatic hydroxyl groups is 3. The van der Waals surface area contributed by atoms with E-state index in [1.807, 2.05) is 6.92 Å². The molecule has 8 atom stereocenters. The number of carbonyl (C=O) groups is 1. The number of piperidine rings is 1. The molecule has 2 heterocycles. The first-order chi connectivity index (χ1) is 13.9. The van der Waals surface area contributed by atoms with Gasteiger partial charge in [0.15, 0.2) is 0 Å². The number of carbonyl (C=O) groups excluding carboxylic acids is 1. The van der Waals surface area contributed by atoms with E-state index in [0.29, 0.717) is 18.9 Å². The molecule has 0 bridgehead atoms. The van der Waals surface area contributed by atoms with Crippen LogP contribution in [0.3, 0.4) is 0 Å². The van der Waals surface area contributed by atoms with Gasteiger partial charge in [0.1, 0.15) is 23.7 Å². The molecule has 0 saturated carbocycles. The number of nitrogens with one attached hydrogen (secondary N) is 2. The lowest BCUT2D eigenvalue weighted by atomic mass is 9.87. The first kappa shape index (κ1) is 24.9. The van der Waals surface area contributed by atoms with Crippen molar-refractivity contribution in [1.29, 1.82) is 0 Å². The van der Waals surface area contributed by atoms with Gasteiger partial charge in [-0.3, -0.25) is 4.79 Å². The normalized spacial score (nSPS) is 36.6. The Hall–Kier alpha value is -0.380. The second-order valence-electron chi connectivity index (χ2n) is 8.73. The van der Waals surface area contributed by atoms with Crippen LogP contribution in [0.4, 0.5) is 0 Å². The number of hydrogen-bond donors (Lipinski definition) is 5. The van der Waals surface area contributed by atoms with E-state index in [2.05, 4.69) is 17.6 Å². The van der Waals surface area contributed by atoms with E-state index in [1.165, 1.54) is 37.4 Å². The van der Waals surface area contributed by atoms with Crippen molar-refractivity contribution in [2.75, 3.05) is 19.3 Å². The van der Waals surface area contributed by atoms with Crippen LogP contribution in [-0.2, 0) is 9.53 Å². The third-order valence-corrected chi connectivity index (χ3v) is 7.06. The maximum absolute atomic E-state index is 12.6. The van der Waals surface area contributed by atoms with Crippen molar-refractivity contribution in [1.82, 2.24) is 10.6 Å². The molecule has 5 N–H and O–H groups in total. The molecule has 2 aliphatic heterocycles. The summed E-state index contributed by atoms with van der Waals surface area (Å²) in [6.07, 6.45) is 5.26. The maximum Gasteiger partial charge on any atom is 0.237 e. The number of unbranched alkanes of at least 4 members (excludes halogenated alkanes) is 2. The van der Waals surface area contributed by atoms with Gasteiger partial charge < -0.3 is 30.7 Å². The Balaban J connectivity index is 1.75. The first-order valence-corrected chi connectivity index (χ1v) is 12.4. The van der Waals surface area contributed by atoms with Crippen LogP contribution in [0.2, 0.25) is 0 Å². The van der Waals surface area contributed by atoms with E-state index >= 15 is 0 Å². The Morgan fingerprint density at radius 2 is 2.00 bits per heavy atom. The molecule has 2 rings (SSSR count).